The highest BCUT2D eigenvalue weighted by Crippen LogP contribution is 2.18. The van der Waals surface area contributed by atoms with Gasteiger partial charge in [-0.15, -0.1) is 0 Å². The molecule has 2 aromatic heterocycles. The van der Waals surface area contributed by atoms with Gasteiger partial charge in [0, 0.05) is 34.2 Å². The van der Waals surface area contributed by atoms with E-state index in [1.54, 1.807) is 0 Å². The Bertz CT molecular complexity index is 689. The smallest absolute Gasteiger partial charge is 0.160 e. The van der Waals surface area contributed by atoms with Crippen molar-refractivity contribution in [3.63, 3.8) is 0 Å². The largest absolute Gasteiger partial charge is 0.218 e. The van der Waals surface area contributed by atoms with Gasteiger partial charge in [-0.05, 0) is 31.2 Å². The normalized spacial score (nSPS) is 11.1. The molecule has 0 fully saturated rings. The topological polar surface area (TPSA) is 4.10 Å². The molecule has 1 nitrogen and oxygen atoms in total. The van der Waals surface area contributed by atoms with Gasteiger partial charge in [0.15, 0.2) is 6.20 Å². The molecule has 2 heterocycles. The van der Waals surface area contributed by atoms with Crippen molar-refractivity contribution in [1.82, 2.24) is 0 Å². The van der Waals surface area contributed by atoms with E-state index in [1.807, 2.05) is 12.1 Å². The lowest BCUT2D eigenvalue weighted by molar-refractivity contribution is -0.482. The maximum Gasteiger partial charge on any atom is 0.218 e. The van der Waals surface area contributed by atoms with E-state index in [0.717, 1.165) is 10.4 Å². The quantitative estimate of drug-likeness (QED) is 0.409. The van der Waals surface area contributed by atoms with E-state index < -0.39 is 0 Å². The van der Waals surface area contributed by atoms with Crippen LogP contribution in [0.15, 0.2) is 48.7 Å². The van der Waals surface area contributed by atoms with Gasteiger partial charge in [0.1, 0.15) is 0 Å². The molecule has 0 bridgehead atoms. The molecule has 0 N–H and O–H groups in total. The van der Waals surface area contributed by atoms with Crippen molar-refractivity contribution < 1.29 is 4.40 Å². The molecule has 3 rings (SSSR count). The lowest BCUT2D eigenvalue weighted by atomic mass is 10.1. The third kappa shape index (κ3) is 1.36. The van der Waals surface area contributed by atoms with Gasteiger partial charge in [0.05, 0.1) is 0 Å². The van der Waals surface area contributed by atoms with Crippen LogP contribution in [0.2, 0.25) is 5.02 Å². The average molecular weight is 229 g/mol. The third-order valence-electron chi connectivity index (χ3n) is 2.91. The summed E-state index contributed by atoms with van der Waals surface area (Å²) in [6.45, 7) is 2.12. The van der Waals surface area contributed by atoms with Crippen molar-refractivity contribution in [2.24, 2.45) is 0 Å². The summed E-state index contributed by atoms with van der Waals surface area (Å²) >= 11 is 5.99. The molecule has 0 radical (unpaired) electrons. The van der Waals surface area contributed by atoms with E-state index in [4.69, 9.17) is 11.6 Å². The number of aryl methyl sites for hydroxylation is 1. The standard InChI is InChI=1S/C14H11ClN/c1-10-3-2-8-16-13(10)6-4-11-9-12(15)5-7-14(11)16/h2-9H,1H3/q+1. The van der Waals surface area contributed by atoms with E-state index in [-0.39, 0.29) is 0 Å². The Morgan fingerprint density at radius 2 is 1.81 bits per heavy atom. The Labute approximate surface area is 98.9 Å². The SMILES string of the molecule is Cc1ccc[n+]2c1ccc1cc(Cl)ccc12. The number of hydrogen-bond donors (Lipinski definition) is 0. The van der Waals surface area contributed by atoms with Crippen LogP contribution in [0.1, 0.15) is 5.56 Å². The minimum absolute atomic E-state index is 0.778. The van der Waals surface area contributed by atoms with Crippen LogP contribution in [0, 0.1) is 6.92 Å². The molecular formula is C14H11ClN+. The highest BCUT2D eigenvalue weighted by Gasteiger charge is 2.09. The van der Waals surface area contributed by atoms with Crippen molar-refractivity contribution >= 4 is 28.0 Å². The molecule has 0 unspecified atom stereocenters. The molecule has 3 aromatic rings. The number of halogens is 1. The summed E-state index contributed by atoms with van der Waals surface area (Å²) in [4.78, 5) is 0. The predicted molar refractivity (Wildman–Crippen MR) is 66.9 cm³/mol. The Kier molecular flexibility index (Phi) is 2.08. The second-order valence-electron chi connectivity index (χ2n) is 3.98. The van der Waals surface area contributed by atoms with E-state index in [1.165, 1.54) is 16.6 Å². The van der Waals surface area contributed by atoms with Gasteiger partial charge in [-0.3, -0.25) is 0 Å². The predicted octanol–water partition coefficient (Wildman–Crippen LogP) is 3.54. The van der Waals surface area contributed by atoms with Crippen LogP contribution in [-0.4, -0.2) is 0 Å². The lowest BCUT2D eigenvalue weighted by Crippen LogP contribution is -2.22. The van der Waals surface area contributed by atoms with Crippen molar-refractivity contribution in [1.29, 1.82) is 0 Å². The lowest BCUT2D eigenvalue weighted by Gasteiger charge is -1.99. The van der Waals surface area contributed by atoms with Crippen LogP contribution in [0.25, 0.3) is 16.4 Å². The number of rotatable bonds is 0. The molecule has 0 spiro atoms. The maximum absolute atomic E-state index is 5.99. The van der Waals surface area contributed by atoms with Gasteiger partial charge in [0.25, 0.3) is 0 Å². The number of pyridine rings is 2. The average Bonchev–Trinajstić information content (AvgIpc) is 2.28. The van der Waals surface area contributed by atoms with Crippen LogP contribution < -0.4 is 4.40 Å². The van der Waals surface area contributed by atoms with Crippen molar-refractivity contribution in [3.8, 4) is 0 Å². The molecule has 0 amide bonds. The molecule has 0 saturated carbocycles. The van der Waals surface area contributed by atoms with Crippen LogP contribution in [0.5, 0.6) is 0 Å². The van der Waals surface area contributed by atoms with Crippen molar-refractivity contribution in [3.05, 3.63) is 59.2 Å². The number of hydrogen-bond acceptors (Lipinski definition) is 0. The zero-order chi connectivity index (χ0) is 11.1. The molecule has 0 aliphatic rings. The Morgan fingerprint density at radius 1 is 1.00 bits per heavy atom. The number of fused-ring (bicyclic) bond motifs is 3. The van der Waals surface area contributed by atoms with E-state index in [9.17, 15) is 0 Å². The molecule has 0 aliphatic carbocycles. The maximum atomic E-state index is 5.99. The molecule has 0 aliphatic heterocycles. The Hall–Kier alpha value is -1.60. The minimum atomic E-state index is 0.778. The van der Waals surface area contributed by atoms with Crippen LogP contribution >= 0.6 is 11.6 Å². The summed E-state index contributed by atoms with van der Waals surface area (Å²) < 4.78 is 2.20. The highest BCUT2D eigenvalue weighted by atomic mass is 35.5. The van der Waals surface area contributed by atoms with Gasteiger partial charge in [-0.2, -0.15) is 4.40 Å². The Morgan fingerprint density at radius 3 is 2.69 bits per heavy atom. The first-order valence-corrected chi connectivity index (χ1v) is 5.63. The van der Waals surface area contributed by atoms with Gasteiger partial charge in [-0.1, -0.05) is 11.6 Å². The van der Waals surface area contributed by atoms with E-state index in [2.05, 4.69) is 47.9 Å². The third-order valence-corrected chi connectivity index (χ3v) is 3.15. The van der Waals surface area contributed by atoms with Crippen LogP contribution in [0.4, 0.5) is 0 Å². The van der Waals surface area contributed by atoms with Gasteiger partial charge < -0.3 is 0 Å². The molecule has 78 valence electrons. The van der Waals surface area contributed by atoms with Gasteiger partial charge >= 0.3 is 0 Å². The first-order valence-electron chi connectivity index (χ1n) is 5.25. The second-order valence-corrected chi connectivity index (χ2v) is 4.42. The van der Waals surface area contributed by atoms with Crippen molar-refractivity contribution in [2.45, 2.75) is 6.92 Å². The molecule has 2 heteroatoms. The summed E-state index contributed by atoms with van der Waals surface area (Å²) in [5.74, 6) is 0. The molecule has 16 heavy (non-hydrogen) atoms. The van der Waals surface area contributed by atoms with Crippen LogP contribution in [-0.2, 0) is 0 Å². The van der Waals surface area contributed by atoms with Crippen LogP contribution in [0.3, 0.4) is 0 Å². The zero-order valence-electron chi connectivity index (χ0n) is 8.94. The fraction of sp³-hybridized carbons (Fsp3) is 0.0714. The summed E-state index contributed by atoms with van der Waals surface area (Å²) in [5.41, 5.74) is 3.70. The fourth-order valence-electron chi connectivity index (χ4n) is 2.10. The second kappa shape index (κ2) is 3.46. The fourth-order valence-corrected chi connectivity index (χ4v) is 2.28. The highest BCUT2D eigenvalue weighted by molar-refractivity contribution is 6.31. The summed E-state index contributed by atoms with van der Waals surface area (Å²) in [7, 11) is 0. The molecular weight excluding hydrogens is 218 g/mol. The van der Waals surface area contributed by atoms with E-state index in [0.29, 0.717) is 0 Å². The van der Waals surface area contributed by atoms with Crippen molar-refractivity contribution in [2.75, 3.05) is 0 Å². The molecule has 0 atom stereocenters. The van der Waals surface area contributed by atoms with Gasteiger partial charge in [0.2, 0.25) is 11.0 Å². The molecule has 1 aromatic carbocycles. The summed E-state index contributed by atoms with van der Waals surface area (Å²) in [6, 6.07) is 14.4. The summed E-state index contributed by atoms with van der Waals surface area (Å²) in [5, 5.41) is 1.94. The minimum Gasteiger partial charge on any atom is -0.160 e. The number of aromatic nitrogens is 1. The first-order chi connectivity index (χ1) is 7.75. The zero-order valence-corrected chi connectivity index (χ0v) is 9.70. The number of nitrogens with zero attached hydrogens (tertiary/aromatic N) is 1. The Balaban J connectivity index is 2.55. The first kappa shape index (κ1) is 9.61. The summed E-state index contributed by atoms with van der Waals surface area (Å²) in [6.07, 6.45) is 2.08. The number of benzene rings is 1. The molecule has 0 saturated heterocycles. The van der Waals surface area contributed by atoms with Gasteiger partial charge in [-0.25, -0.2) is 0 Å². The van der Waals surface area contributed by atoms with E-state index >= 15 is 0 Å². The monoisotopic (exact) mass is 228 g/mol.